The van der Waals surface area contributed by atoms with Gasteiger partial charge in [-0.15, -0.1) is 0 Å². The van der Waals surface area contributed by atoms with Crippen LogP contribution in [0.25, 0.3) is 0 Å². The summed E-state index contributed by atoms with van der Waals surface area (Å²) in [6.07, 6.45) is -2.57. The van der Waals surface area contributed by atoms with Crippen molar-refractivity contribution in [2.45, 2.75) is 57.7 Å². The smallest absolute Gasteiger partial charge is 0.371 e. The second kappa shape index (κ2) is 12.4. The number of alkyl halides is 3. The van der Waals surface area contributed by atoms with E-state index in [9.17, 15) is 18.0 Å². The van der Waals surface area contributed by atoms with Crippen LogP contribution in [0.4, 0.5) is 29.3 Å². The first-order valence-corrected chi connectivity index (χ1v) is 14.9. The topological polar surface area (TPSA) is 38.8 Å². The maximum atomic E-state index is 13.7. The van der Waals surface area contributed by atoms with Gasteiger partial charge in [-0.1, -0.05) is 69.3 Å². The standard InChI is InChI=1S/C34H41F3N4O/c1-33(2,3)28-11-13-30(14-12-28)38-32(42)41-21-19-39(20-22-41)24-27-9-10-29(34(35,36)37)23-31(27)40-17-15-26(16-18-40)25-7-5-4-6-8-25/h4-14,23,26H,15-22,24H2,1-3H3,(H,38,42). The number of hydrogen-bond acceptors (Lipinski definition) is 3. The fourth-order valence-electron chi connectivity index (χ4n) is 5.95. The van der Waals surface area contributed by atoms with Crippen molar-refractivity contribution in [2.75, 3.05) is 49.5 Å². The van der Waals surface area contributed by atoms with Gasteiger partial charge in [0, 0.05) is 57.2 Å². The molecule has 5 nitrogen and oxygen atoms in total. The number of anilines is 2. The zero-order chi connectivity index (χ0) is 29.9. The van der Waals surface area contributed by atoms with Crippen molar-refractivity contribution in [1.82, 2.24) is 9.80 Å². The van der Waals surface area contributed by atoms with Crippen molar-refractivity contribution in [3.8, 4) is 0 Å². The molecule has 0 bridgehead atoms. The average molecular weight is 579 g/mol. The highest BCUT2D eigenvalue weighted by molar-refractivity contribution is 5.89. The molecule has 2 amide bonds. The second-order valence-corrected chi connectivity index (χ2v) is 12.5. The highest BCUT2D eigenvalue weighted by Crippen LogP contribution is 2.37. The number of benzene rings is 3. The molecule has 2 heterocycles. The molecule has 0 radical (unpaired) electrons. The summed E-state index contributed by atoms with van der Waals surface area (Å²) in [5, 5.41) is 3.00. The molecule has 42 heavy (non-hydrogen) atoms. The third-order valence-corrected chi connectivity index (χ3v) is 8.57. The van der Waals surface area contributed by atoms with E-state index in [1.807, 2.05) is 42.5 Å². The monoisotopic (exact) mass is 578 g/mol. The Kier molecular flexibility index (Phi) is 8.83. The largest absolute Gasteiger partial charge is 0.416 e. The Labute approximate surface area is 247 Å². The minimum Gasteiger partial charge on any atom is -0.371 e. The number of halogens is 3. The maximum Gasteiger partial charge on any atom is 0.416 e. The first-order valence-electron chi connectivity index (χ1n) is 14.9. The van der Waals surface area contributed by atoms with E-state index in [1.54, 1.807) is 11.0 Å². The zero-order valence-corrected chi connectivity index (χ0v) is 24.8. The van der Waals surface area contributed by atoms with Gasteiger partial charge in [0.2, 0.25) is 0 Å². The Hall–Kier alpha value is -3.52. The molecule has 0 atom stereocenters. The van der Waals surface area contributed by atoms with E-state index in [4.69, 9.17) is 0 Å². The Morgan fingerprint density at radius 1 is 0.810 bits per heavy atom. The minimum absolute atomic E-state index is 0.0460. The number of rotatable bonds is 5. The van der Waals surface area contributed by atoms with Crippen molar-refractivity contribution in [2.24, 2.45) is 0 Å². The van der Waals surface area contributed by atoms with Crippen LogP contribution in [0.5, 0.6) is 0 Å². The number of nitrogens with one attached hydrogen (secondary N) is 1. The highest BCUT2D eigenvalue weighted by atomic mass is 19.4. The van der Waals surface area contributed by atoms with Crippen LogP contribution in [0, 0.1) is 0 Å². The van der Waals surface area contributed by atoms with Crippen LogP contribution in [0.2, 0.25) is 0 Å². The molecule has 2 fully saturated rings. The Bertz CT molecular complexity index is 1340. The lowest BCUT2D eigenvalue weighted by Crippen LogP contribution is -2.49. The third-order valence-electron chi connectivity index (χ3n) is 8.57. The molecule has 3 aromatic rings. The zero-order valence-electron chi connectivity index (χ0n) is 24.8. The quantitative estimate of drug-likeness (QED) is 0.337. The van der Waals surface area contributed by atoms with E-state index in [0.717, 1.165) is 37.2 Å². The number of urea groups is 1. The summed E-state index contributed by atoms with van der Waals surface area (Å²) < 4.78 is 41.0. The van der Waals surface area contributed by atoms with Gasteiger partial charge < -0.3 is 15.1 Å². The minimum atomic E-state index is -4.39. The lowest BCUT2D eigenvalue weighted by atomic mass is 9.87. The molecule has 8 heteroatoms. The fraction of sp³-hybridized carbons (Fsp3) is 0.441. The molecule has 1 N–H and O–H groups in total. The molecular weight excluding hydrogens is 537 g/mol. The van der Waals surface area contributed by atoms with Crippen molar-refractivity contribution in [1.29, 1.82) is 0 Å². The van der Waals surface area contributed by atoms with Crippen LogP contribution in [-0.4, -0.2) is 55.1 Å². The predicted octanol–water partition coefficient (Wildman–Crippen LogP) is 7.74. The van der Waals surface area contributed by atoms with Gasteiger partial charge in [0.25, 0.3) is 0 Å². The summed E-state index contributed by atoms with van der Waals surface area (Å²) in [6, 6.07) is 22.3. The summed E-state index contributed by atoms with van der Waals surface area (Å²) in [7, 11) is 0. The molecular formula is C34H41F3N4O. The van der Waals surface area contributed by atoms with Crippen LogP contribution in [0.3, 0.4) is 0 Å². The average Bonchev–Trinajstić information content (AvgIpc) is 2.97. The molecule has 0 aromatic heterocycles. The molecule has 5 rings (SSSR count). The predicted molar refractivity (Wildman–Crippen MR) is 163 cm³/mol. The van der Waals surface area contributed by atoms with Crippen LogP contribution >= 0.6 is 0 Å². The molecule has 0 unspecified atom stereocenters. The van der Waals surface area contributed by atoms with Crippen molar-refractivity contribution < 1.29 is 18.0 Å². The van der Waals surface area contributed by atoms with Crippen LogP contribution < -0.4 is 10.2 Å². The van der Waals surface area contributed by atoms with E-state index in [2.05, 4.69) is 48.0 Å². The third kappa shape index (κ3) is 7.27. The van der Waals surface area contributed by atoms with Gasteiger partial charge in [0.05, 0.1) is 5.56 Å². The van der Waals surface area contributed by atoms with E-state index in [-0.39, 0.29) is 11.4 Å². The summed E-state index contributed by atoms with van der Waals surface area (Å²) in [4.78, 5) is 19.1. The number of carbonyl (C=O) groups is 1. The van der Waals surface area contributed by atoms with E-state index >= 15 is 0 Å². The normalized spacial score (nSPS) is 17.4. The Balaban J connectivity index is 1.21. The molecule has 2 aliphatic heterocycles. The number of nitrogens with zero attached hydrogens (tertiary/aromatic N) is 3. The van der Waals surface area contributed by atoms with Crippen LogP contribution in [-0.2, 0) is 18.1 Å². The number of piperazine rings is 1. The molecule has 2 saturated heterocycles. The summed E-state index contributed by atoms with van der Waals surface area (Å²) in [6.45, 7) is 10.9. The van der Waals surface area contributed by atoms with Gasteiger partial charge in [-0.25, -0.2) is 4.79 Å². The summed E-state index contributed by atoms with van der Waals surface area (Å²) >= 11 is 0. The molecule has 0 aliphatic carbocycles. The molecule has 0 saturated carbocycles. The van der Waals surface area contributed by atoms with E-state index < -0.39 is 11.7 Å². The number of hydrogen-bond donors (Lipinski definition) is 1. The first kappa shape index (κ1) is 30.0. The van der Waals surface area contributed by atoms with Gasteiger partial charge >= 0.3 is 12.2 Å². The van der Waals surface area contributed by atoms with Crippen molar-refractivity contribution in [3.63, 3.8) is 0 Å². The SMILES string of the molecule is CC(C)(C)c1ccc(NC(=O)N2CCN(Cc3ccc(C(F)(F)F)cc3N3CCC(c4ccccc4)CC3)CC2)cc1. The van der Waals surface area contributed by atoms with E-state index in [1.165, 1.54) is 23.3 Å². The fourth-order valence-corrected chi connectivity index (χ4v) is 5.95. The summed E-state index contributed by atoms with van der Waals surface area (Å²) in [5.41, 5.74) is 4.28. The number of carbonyl (C=O) groups excluding carboxylic acids is 1. The van der Waals surface area contributed by atoms with Gasteiger partial charge in [-0.2, -0.15) is 13.2 Å². The number of piperidine rings is 1. The van der Waals surface area contributed by atoms with Gasteiger partial charge in [0.1, 0.15) is 0 Å². The molecule has 0 spiro atoms. The Morgan fingerprint density at radius 3 is 2.02 bits per heavy atom. The maximum absolute atomic E-state index is 13.7. The highest BCUT2D eigenvalue weighted by Gasteiger charge is 2.33. The van der Waals surface area contributed by atoms with Crippen molar-refractivity contribution >= 4 is 17.4 Å². The second-order valence-electron chi connectivity index (χ2n) is 12.5. The lowest BCUT2D eigenvalue weighted by Gasteiger charge is -2.38. The van der Waals surface area contributed by atoms with Gasteiger partial charge in [-0.3, -0.25) is 4.90 Å². The molecule has 2 aliphatic rings. The lowest BCUT2D eigenvalue weighted by molar-refractivity contribution is -0.137. The van der Waals surface area contributed by atoms with Crippen molar-refractivity contribution in [3.05, 3.63) is 95.1 Å². The van der Waals surface area contributed by atoms with Crippen LogP contribution in [0.1, 0.15) is 61.8 Å². The van der Waals surface area contributed by atoms with Gasteiger partial charge in [0.15, 0.2) is 0 Å². The molecule has 3 aromatic carbocycles. The summed E-state index contributed by atoms with van der Waals surface area (Å²) in [5.74, 6) is 0.423. The van der Waals surface area contributed by atoms with Gasteiger partial charge in [-0.05, 0) is 65.1 Å². The van der Waals surface area contributed by atoms with E-state index in [0.29, 0.717) is 44.3 Å². The number of amides is 2. The molecule has 224 valence electrons. The first-order chi connectivity index (χ1) is 20.0. The van der Waals surface area contributed by atoms with Crippen LogP contribution in [0.15, 0.2) is 72.8 Å². The Morgan fingerprint density at radius 2 is 1.43 bits per heavy atom.